The van der Waals surface area contributed by atoms with Crippen molar-refractivity contribution in [3.05, 3.63) is 53.1 Å². The van der Waals surface area contributed by atoms with Gasteiger partial charge in [0.15, 0.2) is 0 Å². The van der Waals surface area contributed by atoms with E-state index >= 15 is 0 Å². The van der Waals surface area contributed by atoms with Crippen LogP contribution in [0.5, 0.6) is 0 Å². The zero-order valence-corrected chi connectivity index (χ0v) is 12.7. The molecule has 0 bridgehead atoms. The lowest BCUT2D eigenvalue weighted by atomic mass is 10.1. The molecule has 4 heteroatoms. The average molecular weight is 308 g/mol. The molecule has 0 radical (unpaired) electrons. The first-order valence-electron chi connectivity index (χ1n) is 6.15. The van der Waals surface area contributed by atoms with Gasteiger partial charge in [0, 0.05) is 26.5 Å². The number of fused-ring (bicyclic) bond motifs is 1. The minimum atomic E-state index is 0.609. The molecule has 0 aliphatic carbocycles. The number of hydrogen-bond donors (Lipinski definition) is 1. The highest BCUT2D eigenvalue weighted by Crippen LogP contribution is 2.41. The number of thioether (sulfide) groups is 2. The zero-order valence-electron chi connectivity index (χ0n) is 10.3. The standard InChI is InChI=1S/C15H14ClNS2/c16-12-5-3-6-13(17)15(12)18-9-11-8-10-4-1-2-7-14(10)19-11/h1-7,11H,8-9,17H2. The SMILES string of the molecule is Nc1cccc(Cl)c1SCC1Cc2ccccc2S1. The Morgan fingerprint density at radius 3 is 2.84 bits per heavy atom. The molecule has 2 aromatic carbocycles. The van der Waals surface area contributed by atoms with Crippen molar-refractivity contribution in [2.75, 3.05) is 11.5 Å². The first-order valence-corrected chi connectivity index (χ1v) is 8.39. The fourth-order valence-corrected chi connectivity index (χ4v) is 5.02. The molecule has 1 aliphatic rings. The molecule has 2 aromatic rings. The first-order chi connectivity index (χ1) is 9.24. The van der Waals surface area contributed by atoms with Gasteiger partial charge in [-0.05, 0) is 30.2 Å². The number of hydrogen-bond acceptors (Lipinski definition) is 3. The molecule has 98 valence electrons. The van der Waals surface area contributed by atoms with Crippen LogP contribution in [0.15, 0.2) is 52.3 Å². The van der Waals surface area contributed by atoms with Gasteiger partial charge in [0.1, 0.15) is 0 Å². The van der Waals surface area contributed by atoms with Crippen molar-refractivity contribution in [3.63, 3.8) is 0 Å². The summed E-state index contributed by atoms with van der Waals surface area (Å²) in [5, 5.41) is 1.36. The number of anilines is 1. The first kappa shape index (κ1) is 13.2. The molecule has 1 unspecified atom stereocenters. The van der Waals surface area contributed by atoms with Crippen molar-refractivity contribution in [2.24, 2.45) is 0 Å². The summed E-state index contributed by atoms with van der Waals surface area (Å²) in [7, 11) is 0. The second-order valence-electron chi connectivity index (χ2n) is 4.52. The maximum absolute atomic E-state index is 6.20. The van der Waals surface area contributed by atoms with Crippen LogP contribution in [0.4, 0.5) is 5.69 Å². The van der Waals surface area contributed by atoms with Gasteiger partial charge in [-0.15, -0.1) is 23.5 Å². The quantitative estimate of drug-likeness (QED) is 0.655. The Labute approximate surface area is 126 Å². The van der Waals surface area contributed by atoms with Gasteiger partial charge in [0.2, 0.25) is 0 Å². The van der Waals surface area contributed by atoms with Crippen molar-refractivity contribution in [1.82, 2.24) is 0 Å². The summed E-state index contributed by atoms with van der Waals surface area (Å²) in [6.07, 6.45) is 1.14. The predicted octanol–water partition coefficient (Wildman–Crippen LogP) is 4.73. The number of halogens is 1. The molecule has 0 spiro atoms. The van der Waals surface area contributed by atoms with Crippen molar-refractivity contribution >= 4 is 40.8 Å². The van der Waals surface area contributed by atoms with Gasteiger partial charge >= 0.3 is 0 Å². The molecule has 1 nitrogen and oxygen atoms in total. The summed E-state index contributed by atoms with van der Waals surface area (Å²) in [5.41, 5.74) is 8.22. The van der Waals surface area contributed by atoms with Crippen LogP contribution in [0.25, 0.3) is 0 Å². The summed E-state index contributed by atoms with van der Waals surface area (Å²) in [6.45, 7) is 0. The summed E-state index contributed by atoms with van der Waals surface area (Å²) < 4.78 is 0. The molecular weight excluding hydrogens is 294 g/mol. The molecule has 0 saturated carbocycles. The molecular formula is C15H14ClNS2. The third-order valence-corrected chi connectivity index (χ3v) is 6.40. The number of rotatable bonds is 3. The van der Waals surface area contributed by atoms with E-state index in [2.05, 4.69) is 24.3 Å². The van der Waals surface area contributed by atoms with E-state index in [-0.39, 0.29) is 0 Å². The van der Waals surface area contributed by atoms with E-state index in [1.165, 1.54) is 10.5 Å². The van der Waals surface area contributed by atoms with Crippen molar-refractivity contribution in [2.45, 2.75) is 21.5 Å². The van der Waals surface area contributed by atoms with Crippen LogP contribution >= 0.6 is 35.1 Å². The van der Waals surface area contributed by atoms with E-state index in [0.717, 1.165) is 27.8 Å². The van der Waals surface area contributed by atoms with Gasteiger partial charge in [-0.2, -0.15) is 0 Å². The van der Waals surface area contributed by atoms with E-state index < -0.39 is 0 Å². The molecule has 0 saturated heterocycles. The normalized spacial score (nSPS) is 17.4. The monoisotopic (exact) mass is 307 g/mol. The third kappa shape index (κ3) is 2.88. The molecule has 2 N–H and O–H groups in total. The Morgan fingerprint density at radius 2 is 2.05 bits per heavy atom. The third-order valence-electron chi connectivity index (χ3n) is 3.12. The van der Waals surface area contributed by atoms with Crippen LogP contribution in [0.3, 0.4) is 0 Å². The summed E-state index contributed by atoms with van der Waals surface area (Å²) in [5.74, 6) is 1.03. The van der Waals surface area contributed by atoms with Crippen LogP contribution in [0.1, 0.15) is 5.56 Å². The largest absolute Gasteiger partial charge is 0.398 e. The molecule has 0 amide bonds. The predicted molar refractivity (Wildman–Crippen MR) is 86.4 cm³/mol. The highest BCUT2D eigenvalue weighted by atomic mass is 35.5. The minimum absolute atomic E-state index is 0.609. The molecule has 0 aromatic heterocycles. The highest BCUT2D eigenvalue weighted by molar-refractivity contribution is 8.03. The Bertz CT molecular complexity index is 555. The van der Waals surface area contributed by atoms with Crippen LogP contribution in [-0.4, -0.2) is 11.0 Å². The topological polar surface area (TPSA) is 26.0 Å². The lowest BCUT2D eigenvalue weighted by Gasteiger charge is -2.11. The lowest BCUT2D eigenvalue weighted by molar-refractivity contribution is 0.970. The van der Waals surface area contributed by atoms with E-state index in [4.69, 9.17) is 17.3 Å². The molecule has 3 rings (SSSR count). The van der Waals surface area contributed by atoms with E-state index in [1.54, 1.807) is 11.8 Å². The number of nitrogen functional groups attached to an aromatic ring is 1. The van der Waals surface area contributed by atoms with Gasteiger partial charge < -0.3 is 5.73 Å². The van der Waals surface area contributed by atoms with Gasteiger partial charge in [-0.25, -0.2) is 0 Å². The Hall–Kier alpha value is -0.770. The summed E-state index contributed by atoms with van der Waals surface area (Å²) >= 11 is 9.92. The van der Waals surface area contributed by atoms with Gasteiger partial charge in [0.25, 0.3) is 0 Å². The maximum Gasteiger partial charge on any atom is 0.0562 e. The van der Waals surface area contributed by atoms with Crippen LogP contribution in [0.2, 0.25) is 5.02 Å². The molecule has 1 aliphatic heterocycles. The number of benzene rings is 2. The lowest BCUT2D eigenvalue weighted by Crippen LogP contribution is -2.04. The second-order valence-corrected chi connectivity index (χ2v) is 7.30. The summed E-state index contributed by atoms with van der Waals surface area (Å²) in [6, 6.07) is 14.3. The van der Waals surface area contributed by atoms with Gasteiger partial charge in [-0.3, -0.25) is 0 Å². The Kier molecular flexibility index (Phi) is 3.96. The molecule has 0 fully saturated rings. The van der Waals surface area contributed by atoms with Crippen molar-refractivity contribution < 1.29 is 0 Å². The Morgan fingerprint density at radius 1 is 1.21 bits per heavy atom. The zero-order chi connectivity index (χ0) is 13.2. The number of nitrogens with two attached hydrogens (primary N) is 1. The van der Waals surface area contributed by atoms with Crippen LogP contribution in [0, 0.1) is 0 Å². The summed E-state index contributed by atoms with van der Waals surface area (Å²) in [4.78, 5) is 2.43. The van der Waals surface area contributed by atoms with Gasteiger partial charge in [-0.1, -0.05) is 35.9 Å². The molecule has 1 atom stereocenters. The van der Waals surface area contributed by atoms with E-state index in [0.29, 0.717) is 5.25 Å². The fourth-order valence-electron chi connectivity index (χ4n) is 2.20. The van der Waals surface area contributed by atoms with E-state index in [1.807, 2.05) is 30.0 Å². The molecule has 1 heterocycles. The van der Waals surface area contributed by atoms with Crippen molar-refractivity contribution in [1.29, 1.82) is 0 Å². The average Bonchev–Trinajstić information content (AvgIpc) is 2.81. The highest BCUT2D eigenvalue weighted by Gasteiger charge is 2.22. The Balaban J connectivity index is 1.66. The second kappa shape index (κ2) is 5.70. The van der Waals surface area contributed by atoms with E-state index in [9.17, 15) is 0 Å². The maximum atomic E-state index is 6.20. The van der Waals surface area contributed by atoms with Crippen LogP contribution in [-0.2, 0) is 6.42 Å². The minimum Gasteiger partial charge on any atom is -0.398 e. The molecule has 19 heavy (non-hydrogen) atoms. The van der Waals surface area contributed by atoms with Crippen molar-refractivity contribution in [3.8, 4) is 0 Å². The smallest absolute Gasteiger partial charge is 0.0562 e. The van der Waals surface area contributed by atoms with Gasteiger partial charge in [0.05, 0.1) is 5.02 Å². The van der Waals surface area contributed by atoms with Crippen LogP contribution < -0.4 is 5.73 Å². The fraction of sp³-hybridized carbons (Fsp3) is 0.200.